The Bertz CT molecular complexity index is 814. The zero-order valence-electron chi connectivity index (χ0n) is 15.9. The Morgan fingerprint density at radius 3 is 2.22 bits per heavy atom. The largest absolute Gasteiger partial charge is 0.339 e. The van der Waals surface area contributed by atoms with Gasteiger partial charge < -0.3 is 10.2 Å². The number of nitrogens with one attached hydrogen (secondary N) is 1. The van der Waals surface area contributed by atoms with E-state index in [1.54, 1.807) is 6.08 Å². The summed E-state index contributed by atoms with van der Waals surface area (Å²) >= 11 is 0. The summed E-state index contributed by atoms with van der Waals surface area (Å²) in [5.41, 5.74) is 4.06. The molecule has 1 fully saturated rings. The van der Waals surface area contributed by atoms with E-state index in [0.29, 0.717) is 25.9 Å². The van der Waals surface area contributed by atoms with Crippen LogP contribution in [0.3, 0.4) is 0 Å². The van der Waals surface area contributed by atoms with Gasteiger partial charge in [-0.05, 0) is 49.5 Å². The third-order valence-electron chi connectivity index (χ3n) is 5.12. The van der Waals surface area contributed by atoms with Crippen LogP contribution in [-0.4, -0.2) is 29.8 Å². The molecule has 2 aromatic rings. The van der Waals surface area contributed by atoms with Gasteiger partial charge in [0.05, 0.1) is 0 Å². The molecule has 0 saturated carbocycles. The first-order chi connectivity index (χ1) is 13.0. The summed E-state index contributed by atoms with van der Waals surface area (Å²) in [6.45, 7) is 5.23. The molecule has 0 spiro atoms. The van der Waals surface area contributed by atoms with Crippen molar-refractivity contribution in [3.05, 3.63) is 71.3 Å². The monoisotopic (exact) mass is 362 g/mol. The average molecular weight is 362 g/mol. The van der Waals surface area contributed by atoms with E-state index in [9.17, 15) is 9.59 Å². The molecular formula is C23H26N2O2. The van der Waals surface area contributed by atoms with Crippen LogP contribution in [-0.2, 0) is 9.59 Å². The van der Waals surface area contributed by atoms with Crippen LogP contribution in [0, 0.1) is 19.8 Å². The van der Waals surface area contributed by atoms with Crippen molar-refractivity contribution in [2.24, 2.45) is 5.92 Å². The molecule has 0 radical (unpaired) electrons. The lowest BCUT2D eigenvalue weighted by Crippen LogP contribution is -2.40. The predicted molar refractivity (Wildman–Crippen MR) is 109 cm³/mol. The zero-order valence-corrected chi connectivity index (χ0v) is 15.9. The molecule has 1 heterocycles. The summed E-state index contributed by atoms with van der Waals surface area (Å²) in [5.74, 6) is 0.0120. The molecule has 1 N–H and O–H groups in total. The number of hydrogen-bond acceptors (Lipinski definition) is 2. The van der Waals surface area contributed by atoms with Crippen molar-refractivity contribution in [2.45, 2.75) is 26.7 Å². The molecule has 140 valence electrons. The number of aryl methyl sites for hydroxylation is 2. The van der Waals surface area contributed by atoms with Crippen LogP contribution in [0.25, 0.3) is 6.08 Å². The van der Waals surface area contributed by atoms with E-state index < -0.39 is 0 Å². The molecule has 4 nitrogen and oxygen atoms in total. The molecule has 1 aliphatic rings. The lowest BCUT2D eigenvalue weighted by Gasteiger charge is -2.31. The summed E-state index contributed by atoms with van der Waals surface area (Å²) < 4.78 is 0. The number of carbonyl (C=O) groups is 2. The van der Waals surface area contributed by atoms with Crippen LogP contribution in [0.4, 0.5) is 5.69 Å². The molecule has 1 aliphatic heterocycles. The number of rotatable bonds is 4. The normalized spacial score (nSPS) is 15.1. The molecule has 3 rings (SSSR count). The lowest BCUT2D eigenvalue weighted by atomic mass is 9.95. The number of amides is 2. The number of nitrogens with zero attached hydrogens (tertiary/aromatic N) is 1. The predicted octanol–water partition coefficient (Wildman–Crippen LogP) is 4.19. The molecule has 2 amide bonds. The fraction of sp³-hybridized carbons (Fsp3) is 0.304. The van der Waals surface area contributed by atoms with Crippen LogP contribution in [0.5, 0.6) is 0 Å². The van der Waals surface area contributed by atoms with Gasteiger partial charge in [-0.2, -0.15) is 0 Å². The van der Waals surface area contributed by atoms with E-state index in [0.717, 1.165) is 22.4 Å². The van der Waals surface area contributed by atoms with E-state index in [1.165, 1.54) is 0 Å². The first-order valence-electron chi connectivity index (χ1n) is 9.43. The highest BCUT2D eigenvalue weighted by atomic mass is 16.2. The van der Waals surface area contributed by atoms with E-state index in [2.05, 4.69) is 5.32 Å². The second-order valence-electron chi connectivity index (χ2n) is 7.10. The van der Waals surface area contributed by atoms with Gasteiger partial charge in [0.1, 0.15) is 0 Å². The maximum Gasteiger partial charge on any atom is 0.246 e. The minimum Gasteiger partial charge on any atom is -0.339 e. The second-order valence-corrected chi connectivity index (χ2v) is 7.10. The Balaban J connectivity index is 1.53. The SMILES string of the molecule is Cc1cccc(C)c1NC(=O)C1CCN(C(=O)C=Cc2ccccc2)CC1. The second kappa shape index (κ2) is 8.67. The van der Waals surface area contributed by atoms with Crippen molar-refractivity contribution < 1.29 is 9.59 Å². The summed E-state index contributed by atoms with van der Waals surface area (Å²) in [7, 11) is 0. The number of likely N-dealkylation sites (tertiary alicyclic amines) is 1. The van der Waals surface area contributed by atoms with Gasteiger partial charge >= 0.3 is 0 Å². The third-order valence-corrected chi connectivity index (χ3v) is 5.12. The van der Waals surface area contributed by atoms with Crippen LogP contribution in [0.15, 0.2) is 54.6 Å². The quantitative estimate of drug-likeness (QED) is 0.829. The molecule has 0 unspecified atom stereocenters. The van der Waals surface area contributed by atoms with Gasteiger partial charge in [0.2, 0.25) is 11.8 Å². The van der Waals surface area contributed by atoms with Gasteiger partial charge in [-0.3, -0.25) is 9.59 Å². The molecule has 4 heteroatoms. The molecule has 0 atom stereocenters. The van der Waals surface area contributed by atoms with Gasteiger partial charge in [-0.1, -0.05) is 48.5 Å². The molecule has 2 aromatic carbocycles. The minimum atomic E-state index is -0.0499. The number of benzene rings is 2. The molecular weight excluding hydrogens is 336 g/mol. The Morgan fingerprint density at radius 1 is 0.963 bits per heavy atom. The molecule has 0 aliphatic carbocycles. The number of carbonyl (C=O) groups excluding carboxylic acids is 2. The number of para-hydroxylation sites is 1. The minimum absolute atomic E-state index is 0.00691. The van der Waals surface area contributed by atoms with E-state index in [1.807, 2.05) is 73.4 Å². The molecule has 0 bridgehead atoms. The van der Waals surface area contributed by atoms with Crippen LogP contribution in [0.2, 0.25) is 0 Å². The highest BCUT2D eigenvalue weighted by molar-refractivity contribution is 5.95. The fourth-order valence-electron chi connectivity index (χ4n) is 3.44. The van der Waals surface area contributed by atoms with Crippen molar-refractivity contribution in [3.8, 4) is 0 Å². The third kappa shape index (κ3) is 4.85. The Kier molecular flexibility index (Phi) is 6.07. The first-order valence-corrected chi connectivity index (χ1v) is 9.43. The van der Waals surface area contributed by atoms with Crippen molar-refractivity contribution in [1.29, 1.82) is 0 Å². The Morgan fingerprint density at radius 2 is 1.59 bits per heavy atom. The van der Waals surface area contributed by atoms with Crippen molar-refractivity contribution in [2.75, 3.05) is 18.4 Å². The van der Waals surface area contributed by atoms with Crippen LogP contribution >= 0.6 is 0 Å². The van der Waals surface area contributed by atoms with Gasteiger partial charge in [-0.25, -0.2) is 0 Å². The van der Waals surface area contributed by atoms with E-state index in [4.69, 9.17) is 0 Å². The maximum absolute atomic E-state index is 12.6. The van der Waals surface area contributed by atoms with Gasteiger partial charge in [0.15, 0.2) is 0 Å². The molecule has 27 heavy (non-hydrogen) atoms. The van der Waals surface area contributed by atoms with Crippen LogP contribution < -0.4 is 5.32 Å². The highest BCUT2D eigenvalue weighted by Gasteiger charge is 2.27. The van der Waals surface area contributed by atoms with Gasteiger partial charge in [0, 0.05) is 30.8 Å². The number of anilines is 1. The zero-order chi connectivity index (χ0) is 19.2. The Labute approximate surface area is 160 Å². The fourth-order valence-corrected chi connectivity index (χ4v) is 3.44. The van der Waals surface area contributed by atoms with Gasteiger partial charge in [-0.15, -0.1) is 0 Å². The Hall–Kier alpha value is -2.88. The summed E-state index contributed by atoms with van der Waals surface area (Å²) in [5, 5.41) is 3.08. The maximum atomic E-state index is 12.6. The van der Waals surface area contributed by atoms with E-state index >= 15 is 0 Å². The van der Waals surface area contributed by atoms with Crippen molar-refractivity contribution >= 4 is 23.6 Å². The van der Waals surface area contributed by atoms with Crippen molar-refractivity contribution in [1.82, 2.24) is 4.90 Å². The highest BCUT2D eigenvalue weighted by Crippen LogP contribution is 2.23. The lowest BCUT2D eigenvalue weighted by molar-refractivity contribution is -0.130. The van der Waals surface area contributed by atoms with Gasteiger partial charge in [0.25, 0.3) is 0 Å². The number of piperidine rings is 1. The summed E-state index contributed by atoms with van der Waals surface area (Å²) in [6, 6.07) is 15.8. The average Bonchev–Trinajstić information content (AvgIpc) is 2.70. The van der Waals surface area contributed by atoms with E-state index in [-0.39, 0.29) is 17.7 Å². The van der Waals surface area contributed by atoms with Crippen LogP contribution in [0.1, 0.15) is 29.5 Å². The molecule has 0 aromatic heterocycles. The molecule has 1 saturated heterocycles. The summed E-state index contributed by atoms with van der Waals surface area (Å²) in [6.07, 6.45) is 4.85. The summed E-state index contributed by atoms with van der Waals surface area (Å²) in [4.78, 5) is 26.8. The standard InChI is InChI=1S/C23H26N2O2/c1-17-7-6-8-18(2)22(17)24-23(27)20-13-15-25(16-14-20)21(26)12-11-19-9-4-3-5-10-19/h3-12,20H,13-16H2,1-2H3,(H,24,27). The van der Waals surface area contributed by atoms with Crippen molar-refractivity contribution in [3.63, 3.8) is 0 Å². The smallest absolute Gasteiger partial charge is 0.246 e. The first kappa shape index (κ1) is 18.9. The number of hydrogen-bond donors (Lipinski definition) is 1. The topological polar surface area (TPSA) is 49.4 Å².